The van der Waals surface area contributed by atoms with Gasteiger partial charge in [-0.3, -0.25) is 4.79 Å². The first-order valence-corrected chi connectivity index (χ1v) is 4.36. The van der Waals surface area contributed by atoms with Gasteiger partial charge < -0.3 is 17.2 Å². The Bertz CT molecular complexity index is 311. The lowest BCUT2D eigenvalue weighted by molar-refractivity contribution is 0.275. The van der Waals surface area contributed by atoms with E-state index in [-0.39, 0.29) is 0 Å². The fourth-order valence-corrected chi connectivity index (χ4v) is 0.762. The van der Waals surface area contributed by atoms with Crippen molar-refractivity contribution in [3.05, 3.63) is 17.7 Å². The second-order valence-electron chi connectivity index (χ2n) is 2.52. The molecule has 0 saturated carbocycles. The fourth-order valence-electron chi connectivity index (χ4n) is 0.762. The Morgan fingerprint density at radius 2 is 1.57 bits per heavy atom. The monoisotopic (exact) mass is 235 g/mol. The van der Waals surface area contributed by atoms with Gasteiger partial charge in [-0.2, -0.15) is 0 Å². The highest BCUT2D eigenvalue weighted by atomic mass is 35.5. The summed E-state index contributed by atoms with van der Waals surface area (Å²) in [4.78, 5) is 8.98. The summed E-state index contributed by atoms with van der Waals surface area (Å²) in [5.41, 5.74) is 19.2. The number of rotatable bonds is 0. The van der Waals surface area contributed by atoms with Gasteiger partial charge >= 0.3 is 4.70 Å². The molecule has 6 heteroatoms. The van der Waals surface area contributed by atoms with Crippen molar-refractivity contribution in [1.82, 2.24) is 0 Å². The van der Waals surface area contributed by atoms with Crippen LogP contribution >= 0.6 is 23.2 Å². The number of halogens is 2. The van der Waals surface area contributed by atoms with Gasteiger partial charge in [0.25, 0.3) is 0 Å². The summed E-state index contributed by atoms with van der Waals surface area (Å²) in [5, 5.41) is 0. The molecule has 1 aromatic carbocycles. The second-order valence-corrected chi connectivity index (χ2v) is 3.40. The number of carbonyl (C=O) groups excluding carboxylic acids is 1. The zero-order chi connectivity index (χ0) is 11.3. The molecule has 0 saturated heterocycles. The van der Waals surface area contributed by atoms with Crippen LogP contribution in [-0.2, 0) is 0 Å². The number of hydrogen-bond donors (Lipinski definition) is 3. The molecule has 0 aliphatic carbocycles. The number of carbonyl (C=O) groups is 1. The maximum atomic E-state index is 8.98. The predicted molar refractivity (Wildman–Crippen MR) is 61.5 cm³/mol. The van der Waals surface area contributed by atoms with E-state index in [0.717, 1.165) is 5.56 Å². The van der Waals surface area contributed by atoms with E-state index < -0.39 is 4.70 Å². The number of nitrogens with two attached hydrogens (primary N) is 3. The molecule has 1 aromatic rings. The minimum absolute atomic E-state index is 0.486. The van der Waals surface area contributed by atoms with Crippen LogP contribution in [0, 0.1) is 6.92 Å². The molecule has 0 amide bonds. The number of nitrogen functional groups attached to an aromatic ring is 3. The van der Waals surface area contributed by atoms with Gasteiger partial charge in [0, 0.05) is 0 Å². The van der Waals surface area contributed by atoms with Crippen molar-refractivity contribution in [2.75, 3.05) is 17.2 Å². The fraction of sp³-hybridized carbons (Fsp3) is 0.125. The van der Waals surface area contributed by atoms with Crippen LogP contribution in [0.1, 0.15) is 5.56 Å². The maximum absolute atomic E-state index is 8.98. The van der Waals surface area contributed by atoms with E-state index in [4.69, 9.17) is 22.0 Å². The Balaban J connectivity index is 0.000000364. The molecule has 0 heterocycles. The summed E-state index contributed by atoms with van der Waals surface area (Å²) >= 11 is 8.80. The first-order valence-electron chi connectivity index (χ1n) is 3.61. The highest BCUT2D eigenvalue weighted by Gasteiger charge is 2.00. The minimum Gasteiger partial charge on any atom is -0.397 e. The van der Waals surface area contributed by atoms with Gasteiger partial charge in [0.15, 0.2) is 0 Å². The highest BCUT2D eigenvalue weighted by molar-refractivity contribution is 6.93. The number of aryl methyl sites for hydroxylation is 1. The highest BCUT2D eigenvalue weighted by Crippen LogP contribution is 2.24. The van der Waals surface area contributed by atoms with Crippen molar-refractivity contribution in [3.8, 4) is 0 Å². The molecular formula is C8H11Cl2N3O. The Kier molecular flexibility index (Phi) is 5.12. The Labute approximate surface area is 92.0 Å². The average molecular weight is 236 g/mol. The molecular weight excluding hydrogens is 225 g/mol. The van der Waals surface area contributed by atoms with Gasteiger partial charge in [-0.1, -0.05) is 6.07 Å². The first-order chi connectivity index (χ1) is 6.36. The summed E-state index contributed by atoms with van der Waals surface area (Å²) < 4.78 is -0.889. The van der Waals surface area contributed by atoms with Crippen LogP contribution in [0.5, 0.6) is 0 Å². The summed E-state index contributed by atoms with van der Waals surface area (Å²) in [6.07, 6.45) is 0. The molecule has 0 spiro atoms. The van der Waals surface area contributed by atoms with E-state index >= 15 is 0 Å². The topological polar surface area (TPSA) is 95.1 Å². The summed E-state index contributed by atoms with van der Waals surface area (Å²) in [6, 6.07) is 3.60. The van der Waals surface area contributed by atoms with Crippen LogP contribution in [0.15, 0.2) is 12.1 Å². The molecule has 0 bridgehead atoms. The molecule has 1 rings (SSSR count). The normalized spacial score (nSPS) is 8.79. The summed E-state index contributed by atoms with van der Waals surface area (Å²) in [6.45, 7) is 1.89. The summed E-state index contributed by atoms with van der Waals surface area (Å²) in [5.74, 6) is 0. The smallest absolute Gasteiger partial charge is 0.313 e. The lowest BCUT2D eigenvalue weighted by atomic mass is 10.1. The first kappa shape index (κ1) is 12.9. The second kappa shape index (κ2) is 5.57. The zero-order valence-corrected chi connectivity index (χ0v) is 9.06. The van der Waals surface area contributed by atoms with Crippen LogP contribution in [-0.4, -0.2) is 4.70 Å². The third kappa shape index (κ3) is 4.20. The maximum Gasteiger partial charge on any atom is 0.313 e. The van der Waals surface area contributed by atoms with Crippen LogP contribution < -0.4 is 17.2 Å². The van der Waals surface area contributed by atoms with Gasteiger partial charge in [-0.25, -0.2) is 0 Å². The quantitative estimate of drug-likeness (QED) is 0.475. The summed E-state index contributed by atoms with van der Waals surface area (Å²) in [7, 11) is 0. The van der Waals surface area contributed by atoms with E-state index in [1.54, 1.807) is 6.07 Å². The Hall–Kier alpha value is -1.13. The van der Waals surface area contributed by atoms with Gasteiger partial charge in [0.05, 0.1) is 17.1 Å². The lowest BCUT2D eigenvalue weighted by Crippen LogP contribution is -2.01. The number of anilines is 3. The average Bonchev–Trinajstić information content (AvgIpc) is 2.07. The third-order valence-electron chi connectivity index (χ3n) is 1.54. The van der Waals surface area contributed by atoms with Gasteiger partial charge in [-0.15, -0.1) is 0 Å². The molecule has 14 heavy (non-hydrogen) atoms. The molecule has 0 aromatic heterocycles. The van der Waals surface area contributed by atoms with Crippen LogP contribution in [0.4, 0.5) is 21.9 Å². The Morgan fingerprint density at radius 3 is 1.93 bits per heavy atom. The van der Waals surface area contributed by atoms with Crippen LogP contribution in [0.2, 0.25) is 0 Å². The molecule has 78 valence electrons. The van der Waals surface area contributed by atoms with Crippen molar-refractivity contribution >= 4 is 45.0 Å². The molecule has 0 aliphatic heterocycles. The van der Waals surface area contributed by atoms with Crippen molar-refractivity contribution in [3.63, 3.8) is 0 Å². The van der Waals surface area contributed by atoms with Crippen LogP contribution in [0.25, 0.3) is 0 Å². The molecule has 0 aliphatic rings. The van der Waals surface area contributed by atoms with Crippen molar-refractivity contribution in [2.45, 2.75) is 6.92 Å². The molecule has 0 fully saturated rings. The molecule has 0 atom stereocenters. The van der Waals surface area contributed by atoms with Gasteiger partial charge in [0.2, 0.25) is 0 Å². The van der Waals surface area contributed by atoms with E-state index in [1.165, 1.54) is 0 Å². The van der Waals surface area contributed by atoms with Crippen molar-refractivity contribution in [2.24, 2.45) is 0 Å². The standard InChI is InChI=1S/C7H11N3.CCl2O/c1-4-2-3-5(8)7(10)6(4)9;2-1(3)4/h2-3H,8-10H2,1H3;. The zero-order valence-electron chi connectivity index (χ0n) is 7.55. The predicted octanol–water partition coefficient (Wildman–Crippen LogP) is 2.33. The Morgan fingerprint density at radius 1 is 1.14 bits per heavy atom. The minimum atomic E-state index is -0.889. The largest absolute Gasteiger partial charge is 0.397 e. The molecule has 0 unspecified atom stereocenters. The van der Waals surface area contributed by atoms with Crippen LogP contribution in [0.3, 0.4) is 0 Å². The number of benzene rings is 1. The molecule has 0 radical (unpaired) electrons. The third-order valence-corrected chi connectivity index (χ3v) is 1.54. The van der Waals surface area contributed by atoms with E-state index in [9.17, 15) is 0 Å². The van der Waals surface area contributed by atoms with Crippen molar-refractivity contribution in [1.29, 1.82) is 0 Å². The van der Waals surface area contributed by atoms with Gasteiger partial charge in [0.1, 0.15) is 0 Å². The lowest BCUT2D eigenvalue weighted by Gasteiger charge is -2.05. The molecule has 4 nitrogen and oxygen atoms in total. The SMILES string of the molecule is Cc1ccc(N)c(N)c1N.O=C(Cl)Cl. The van der Waals surface area contributed by atoms with Crippen molar-refractivity contribution < 1.29 is 4.79 Å². The van der Waals surface area contributed by atoms with E-state index in [0.29, 0.717) is 17.1 Å². The van der Waals surface area contributed by atoms with E-state index in [2.05, 4.69) is 23.2 Å². The van der Waals surface area contributed by atoms with Gasteiger partial charge in [-0.05, 0) is 41.8 Å². The molecule has 6 N–H and O–H groups in total. The number of hydrogen-bond acceptors (Lipinski definition) is 4. The van der Waals surface area contributed by atoms with E-state index in [1.807, 2.05) is 13.0 Å².